The van der Waals surface area contributed by atoms with E-state index in [0.717, 1.165) is 31.5 Å². The van der Waals surface area contributed by atoms with Crippen molar-refractivity contribution >= 4 is 5.91 Å². The average molecular weight is 222 g/mol. The zero-order chi connectivity index (χ0) is 11.1. The maximum Gasteiger partial charge on any atom is 0.226 e. The van der Waals surface area contributed by atoms with Gasteiger partial charge in [0, 0.05) is 31.6 Å². The summed E-state index contributed by atoms with van der Waals surface area (Å²) in [4.78, 5) is 14.6. The molecule has 16 heavy (non-hydrogen) atoms. The molecule has 1 saturated heterocycles. The minimum atomic E-state index is 0.374. The second-order valence-corrected chi connectivity index (χ2v) is 5.87. The molecule has 1 heterocycles. The Bertz CT molecular complexity index is 288. The van der Waals surface area contributed by atoms with Crippen molar-refractivity contribution in [2.45, 2.75) is 38.6 Å². The molecule has 0 aromatic carbocycles. The summed E-state index contributed by atoms with van der Waals surface area (Å²) in [6.45, 7) is 5.01. The summed E-state index contributed by atoms with van der Waals surface area (Å²) in [5.41, 5.74) is 0. The molecule has 90 valence electrons. The molecular formula is C13H22N2O. The van der Waals surface area contributed by atoms with Gasteiger partial charge in [0.15, 0.2) is 0 Å². The van der Waals surface area contributed by atoms with E-state index < -0.39 is 0 Å². The van der Waals surface area contributed by atoms with Gasteiger partial charge in [-0.05, 0) is 38.0 Å². The van der Waals surface area contributed by atoms with Crippen LogP contribution < -0.4 is 5.32 Å². The minimum Gasteiger partial charge on any atom is -0.337 e. The van der Waals surface area contributed by atoms with Crippen LogP contribution >= 0.6 is 0 Å². The van der Waals surface area contributed by atoms with Crippen LogP contribution in [0.25, 0.3) is 0 Å². The Hall–Kier alpha value is -0.570. The summed E-state index contributed by atoms with van der Waals surface area (Å²) >= 11 is 0. The topological polar surface area (TPSA) is 32.3 Å². The highest BCUT2D eigenvalue weighted by Gasteiger charge is 2.45. The van der Waals surface area contributed by atoms with Crippen LogP contribution in [0.15, 0.2) is 0 Å². The van der Waals surface area contributed by atoms with Gasteiger partial charge in [0.1, 0.15) is 0 Å². The van der Waals surface area contributed by atoms with Crippen LogP contribution in [0.1, 0.15) is 32.6 Å². The van der Waals surface area contributed by atoms with E-state index in [1.165, 1.54) is 25.7 Å². The molecular weight excluding hydrogens is 200 g/mol. The Kier molecular flexibility index (Phi) is 2.66. The predicted octanol–water partition coefficient (Wildman–Crippen LogP) is 1.24. The summed E-state index contributed by atoms with van der Waals surface area (Å²) in [6, 6.07) is 0.389. The lowest BCUT2D eigenvalue weighted by Crippen LogP contribution is -2.54. The fourth-order valence-electron chi connectivity index (χ4n) is 3.93. The third-order valence-corrected chi connectivity index (χ3v) is 4.84. The average Bonchev–Trinajstić information content (AvgIpc) is 2.90. The highest BCUT2D eigenvalue weighted by Crippen LogP contribution is 2.49. The number of piperazine rings is 1. The van der Waals surface area contributed by atoms with Gasteiger partial charge in [0.05, 0.1) is 0 Å². The summed E-state index contributed by atoms with van der Waals surface area (Å²) in [6.07, 6.45) is 5.20. The van der Waals surface area contributed by atoms with E-state index in [0.29, 0.717) is 17.9 Å². The first-order chi connectivity index (χ1) is 7.75. The van der Waals surface area contributed by atoms with Gasteiger partial charge in [-0.1, -0.05) is 6.42 Å². The molecule has 0 aromatic heterocycles. The highest BCUT2D eigenvalue weighted by molar-refractivity contribution is 5.80. The molecule has 2 aliphatic carbocycles. The lowest BCUT2D eigenvalue weighted by atomic mass is 9.87. The molecule has 3 unspecified atom stereocenters. The first-order valence-corrected chi connectivity index (χ1v) is 6.77. The molecule has 0 spiro atoms. The summed E-state index contributed by atoms with van der Waals surface area (Å²) in [5, 5.41) is 3.35. The Morgan fingerprint density at radius 2 is 2.19 bits per heavy atom. The van der Waals surface area contributed by atoms with Crippen molar-refractivity contribution in [1.82, 2.24) is 10.2 Å². The number of hydrogen-bond donors (Lipinski definition) is 1. The predicted molar refractivity (Wildman–Crippen MR) is 63.0 cm³/mol. The molecule has 1 aliphatic heterocycles. The minimum absolute atomic E-state index is 0.374. The molecule has 3 rings (SSSR count). The smallest absolute Gasteiger partial charge is 0.226 e. The maximum absolute atomic E-state index is 12.5. The number of fused-ring (bicyclic) bond motifs is 2. The first kappa shape index (κ1) is 10.6. The second-order valence-electron chi connectivity index (χ2n) is 5.87. The van der Waals surface area contributed by atoms with E-state index in [4.69, 9.17) is 0 Å². The molecule has 1 amide bonds. The maximum atomic E-state index is 12.5. The van der Waals surface area contributed by atoms with E-state index in [9.17, 15) is 4.79 Å². The van der Waals surface area contributed by atoms with E-state index >= 15 is 0 Å². The second kappa shape index (κ2) is 4.02. The standard InChI is InChI=1S/C13H22N2O/c1-9-8-14-4-5-15(9)13(16)12-7-10-2-3-11(12)6-10/h9-12,14H,2-8H2,1H3/t9-,10?,11?,12?/m0/s1. The third-order valence-electron chi connectivity index (χ3n) is 4.84. The van der Waals surface area contributed by atoms with Gasteiger partial charge >= 0.3 is 0 Å². The quantitative estimate of drug-likeness (QED) is 0.724. The molecule has 3 aliphatic rings. The van der Waals surface area contributed by atoms with Crippen LogP contribution in [0.4, 0.5) is 0 Å². The van der Waals surface area contributed by atoms with E-state index in [-0.39, 0.29) is 0 Å². The fraction of sp³-hybridized carbons (Fsp3) is 0.923. The third kappa shape index (κ3) is 1.65. The number of rotatable bonds is 1. The SMILES string of the molecule is C[C@H]1CNCCN1C(=O)C1CC2CCC1C2. The molecule has 3 nitrogen and oxygen atoms in total. The van der Waals surface area contributed by atoms with E-state index in [2.05, 4.69) is 17.1 Å². The van der Waals surface area contributed by atoms with Crippen LogP contribution in [-0.4, -0.2) is 36.5 Å². The number of amides is 1. The molecule has 1 N–H and O–H groups in total. The Morgan fingerprint density at radius 1 is 1.31 bits per heavy atom. The summed E-state index contributed by atoms with van der Waals surface area (Å²) in [7, 11) is 0. The van der Waals surface area contributed by atoms with Gasteiger partial charge in [-0.15, -0.1) is 0 Å². The van der Waals surface area contributed by atoms with Gasteiger partial charge in [-0.2, -0.15) is 0 Å². The van der Waals surface area contributed by atoms with Crippen LogP contribution in [-0.2, 0) is 4.79 Å². The number of carbonyl (C=O) groups excluding carboxylic acids is 1. The van der Waals surface area contributed by atoms with Crippen LogP contribution in [0.3, 0.4) is 0 Å². The van der Waals surface area contributed by atoms with Gasteiger partial charge in [0.25, 0.3) is 0 Å². The van der Waals surface area contributed by atoms with Crippen molar-refractivity contribution in [1.29, 1.82) is 0 Å². The molecule has 0 radical (unpaired) electrons. The van der Waals surface area contributed by atoms with Gasteiger partial charge in [0.2, 0.25) is 5.91 Å². The zero-order valence-electron chi connectivity index (χ0n) is 10.1. The van der Waals surface area contributed by atoms with Crippen molar-refractivity contribution in [3.8, 4) is 0 Å². The largest absolute Gasteiger partial charge is 0.337 e. The van der Waals surface area contributed by atoms with Crippen molar-refractivity contribution in [3.63, 3.8) is 0 Å². The lowest BCUT2D eigenvalue weighted by Gasteiger charge is -2.37. The van der Waals surface area contributed by atoms with Crippen LogP contribution in [0.2, 0.25) is 0 Å². The van der Waals surface area contributed by atoms with Crippen LogP contribution in [0, 0.1) is 17.8 Å². The molecule has 3 heteroatoms. The Labute approximate surface area is 97.6 Å². The summed E-state index contributed by atoms with van der Waals surface area (Å²) < 4.78 is 0. The number of hydrogen-bond acceptors (Lipinski definition) is 2. The molecule has 3 fully saturated rings. The van der Waals surface area contributed by atoms with Gasteiger partial charge in [-0.3, -0.25) is 4.79 Å². The number of nitrogens with zero attached hydrogens (tertiary/aromatic N) is 1. The Morgan fingerprint density at radius 3 is 2.81 bits per heavy atom. The van der Waals surface area contributed by atoms with Gasteiger partial charge in [-0.25, -0.2) is 0 Å². The van der Waals surface area contributed by atoms with Crippen molar-refractivity contribution in [3.05, 3.63) is 0 Å². The number of nitrogens with one attached hydrogen (secondary N) is 1. The van der Waals surface area contributed by atoms with Crippen molar-refractivity contribution in [2.24, 2.45) is 17.8 Å². The van der Waals surface area contributed by atoms with E-state index in [1.54, 1.807) is 0 Å². The van der Waals surface area contributed by atoms with Crippen molar-refractivity contribution < 1.29 is 4.79 Å². The van der Waals surface area contributed by atoms with Gasteiger partial charge < -0.3 is 10.2 Å². The highest BCUT2D eigenvalue weighted by atomic mass is 16.2. The molecule has 2 bridgehead atoms. The zero-order valence-corrected chi connectivity index (χ0v) is 10.1. The van der Waals surface area contributed by atoms with Crippen LogP contribution in [0.5, 0.6) is 0 Å². The summed E-state index contributed by atoms with van der Waals surface area (Å²) in [5.74, 6) is 2.43. The fourth-order valence-corrected chi connectivity index (χ4v) is 3.93. The first-order valence-electron chi connectivity index (χ1n) is 6.77. The molecule has 0 aromatic rings. The Balaban J connectivity index is 1.68. The van der Waals surface area contributed by atoms with E-state index in [1.807, 2.05) is 0 Å². The monoisotopic (exact) mass is 222 g/mol. The normalized spacial score (nSPS) is 42.7. The molecule has 4 atom stereocenters. The lowest BCUT2D eigenvalue weighted by molar-refractivity contribution is -0.140. The number of carbonyl (C=O) groups is 1. The molecule has 2 saturated carbocycles. The van der Waals surface area contributed by atoms with Crippen molar-refractivity contribution in [2.75, 3.05) is 19.6 Å².